The lowest BCUT2D eigenvalue weighted by Crippen LogP contribution is -2.51. The van der Waals surface area contributed by atoms with Gasteiger partial charge in [0, 0.05) is 12.5 Å². The van der Waals surface area contributed by atoms with Gasteiger partial charge in [0.15, 0.2) is 5.72 Å². The van der Waals surface area contributed by atoms with E-state index < -0.39 is 17.3 Å². The second-order valence-electron chi connectivity index (χ2n) is 6.34. The summed E-state index contributed by atoms with van der Waals surface area (Å²) in [5.74, 6) is -0.605. The second kappa shape index (κ2) is 5.81. The molecule has 1 saturated heterocycles. The van der Waals surface area contributed by atoms with E-state index in [1.54, 1.807) is 12.1 Å². The normalized spacial score (nSPS) is 26.7. The van der Waals surface area contributed by atoms with Gasteiger partial charge in [-0.15, -0.1) is 22.7 Å². The number of ether oxygens (including phenoxy) is 1. The predicted molar refractivity (Wildman–Crippen MR) is 95.0 cm³/mol. The molecule has 0 saturated carbocycles. The van der Waals surface area contributed by atoms with E-state index in [-0.39, 0.29) is 0 Å². The molecule has 6 heteroatoms. The van der Waals surface area contributed by atoms with Crippen LogP contribution in [0.15, 0.2) is 47.2 Å². The number of likely N-dealkylation sites (N-methyl/N-ethyl adjacent to an activating group) is 1. The maximum atomic E-state index is 13.1. The third kappa shape index (κ3) is 2.29. The zero-order valence-electron chi connectivity index (χ0n) is 13.3. The van der Waals surface area contributed by atoms with Crippen molar-refractivity contribution in [1.82, 2.24) is 4.90 Å². The summed E-state index contributed by atoms with van der Waals surface area (Å²) in [5.41, 5.74) is -2.48. The Labute approximate surface area is 149 Å². The van der Waals surface area contributed by atoms with Crippen molar-refractivity contribution in [3.05, 3.63) is 56.9 Å². The molecular weight excluding hydrogens is 342 g/mol. The molecule has 4 heterocycles. The maximum absolute atomic E-state index is 13.1. The van der Waals surface area contributed by atoms with Gasteiger partial charge in [-0.2, -0.15) is 0 Å². The minimum atomic E-state index is -1.75. The van der Waals surface area contributed by atoms with E-state index in [4.69, 9.17) is 4.74 Å². The summed E-state index contributed by atoms with van der Waals surface area (Å²) < 4.78 is 5.96. The lowest BCUT2D eigenvalue weighted by Gasteiger charge is -2.39. The molecule has 0 amide bonds. The van der Waals surface area contributed by atoms with E-state index >= 15 is 0 Å². The van der Waals surface area contributed by atoms with Crippen molar-refractivity contribution in [2.24, 2.45) is 0 Å². The number of carbonyl (C=O) groups is 1. The van der Waals surface area contributed by atoms with Gasteiger partial charge in [0.25, 0.3) is 0 Å². The lowest BCUT2D eigenvalue weighted by atomic mass is 9.99. The first-order valence-corrected chi connectivity index (χ1v) is 9.76. The summed E-state index contributed by atoms with van der Waals surface area (Å²) in [6, 6.07) is 7.63. The number of thiophene rings is 2. The first-order chi connectivity index (χ1) is 11.6. The van der Waals surface area contributed by atoms with Crippen molar-refractivity contribution in [2.45, 2.75) is 36.6 Å². The molecule has 2 aliphatic rings. The molecule has 0 spiro atoms. The predicted octanol–water partition coefficient (Wildman–Crippen LogP) is 3.34. The number of hydrogen-bond acceptors (Lipinski definition) is 6. The topological polar surface area (TPSA) is 49.8 Å². The fourth-order valence-corrected chi connectivity index (χ4v) is 5.34. The van der Waals surface area contributed by atoms with Gasteiger partial charge in [0.05, 0.1) is 9.75 Å². The zero-order valence-corrected chi connectivity index (χ0v) is 15.0. The van der Waals surface area contributed by atoms with E-state index in [9.17, 15) is 9.90 Å². The molecule has 1 fully saturated rings. The van der Waals surface area contributed by atoms with Gasteiger partial charge in [0.1, 0.15) is 0 Å². The van der Waals surface area contributed by atoms with E-state index in [1.165, 1.54) is 22.7 Å². The highest BCUT2D eigenvalue weighted by molar-refractivity contribution is 7.12. The number of hydrogen-bond donors (Lipinski definition) is 1. The average Bonchev–Trinajstić information content (AvgIpc) is 3.30. The average molecular weight is 361 g/mol. The van der Waals surface area contributed by atoms with Crippen molar-refractivity contribution in [1.29, 1.82) is 0 Å². The SMILES string of the molecule is CN1[C@@H]2CC=C[C@@]1(OC(=O)C(O)(c1cccs1)c1cccs1)CC2. The number of fused-ring (bicyclic) bond motifs is 2. The molecular formula is C18H19NO3S2. The third-order valence-corrected chi connectivity index (χ3v) is 7.04. The van der Waals surface area contributed by atoms with Crippen molar-refractivity contribution >= 4 is 28.6 Å². The smallest absolute Gasteiger partial charge is 0.351 e. The second-order valence-corrected chi connectivity index (χ2v) is 8.24. The molecule has 0 radical (unpaired) electrons. The maximum Gasteiger partial charge on any atom is 0.351 e. The van der Waals surface area contributed by atoms with Crippen LogP contribution in [0.2, 0.25) is 0 Å². The van der Waals surface area contributed by atoms with Crippen LogP contribution in [0.25, 0.3) is 0 Å². The third-order valence-electron chi connectivity index (χ3n) is 5.09. The van der Waals surface area contributed by atoms with E-state index in [1.807, 2.05) is 36.0 Å². The summed E-state index contributed by atoms with van der Waals surface area (Å²) in [7, 11) is 1.99. The number of rotatable bonds is 4. The molecule has 24 heavy (non-hydrogen) atoms. The summed E-state index contributed by atoms with van der Waals surface area (Å²) in [6.45, 7) is 0. The van der Waals surface area contributed by atoms with Crippen LogP contribution in [-0.2, 0) is 15.1 Å². The molecule has 1 N–H and O–H groups in total. The minimum Gasteiger partial charge on any atom is -0.437 e. The molecule has 0 aliphatic carbocycles. The fraction of sp³-hybridized carbons (Fsp3) is 0.389. The number of carbonyl (C=O) groups excluding carboxylic acids is 1. The highest BCUT2D eigenvalue weighted by Gasteiger charge is 2.52. The van der Waals surface area contributed by atoms with Crippen LogP contribution >= 0.6 is 22.7 Å². The van der Waals surface area contributed by atoms with E-state index in [0.717, 1.165) is 19.3 Å². The highest BCUT2D eigenvalue weighted by Crippen LogP contribution is 2.43. The van der Waals surface area contributed by atoms with Crippen LogP contribution in [0.1, 0.15) is 29.0 Å². The molecule has 4 nitrogen and oxygen atoms in total. The fourth-order valence-electron chi connectivity index (χ4n) is 3.62. The van der Waals surface area contributed by atoms with Crippen LogP contribution in [0.4, 0.5) is 0 Å². The van der Waals surface area contributed by atoms with Crippen LogP contribution in [-0.4, -0.2) is 34.8 Å². The quantitative estimate of drug-likeness (QED) is 0.670. The first-order valence-electron chi connectivity index (χ1n) is 8.01. The zero-order chi connectivity index (χ0) is 16.8. The van der Waals surface area contributed by atoms with E-state index in [0.29, 0.717) is 15.8 Å². The Bertz CT molecular complexity index is 719. The molecule has 2 aliphatic heterocycles. The first kappa shape index (κ1) is 16.0. The molecule has 2 aromatic heterocycles. The Balaban J connectivity index is 1.71. The van der Waals surface area contributed by atoms with E-state index in [2.05, 4.69) is 11.0 Å². The molecule has 2 aromatic rings. The van der Waals surface area contributed by atoms with Gasteiger partial charge in [0.2, 0.25) is 5.60 Å². The summed E-state index contributed by atoms with van der Waals surface area (Å²) >= 11 is 2.72. The van der Waals surface area contributed by atoms with Gasteiger partial charge in [-0.3, -0.25) is 4.90 Å². The summed E-state index contributed by atoms with van der Waals surface area (Å²) in [6.07, 6.45) is 6.79. The van der Waals surface area contributed by atoms with Gasteiger partial charge < -0.3 is 9.84 Å². The van der Waals surface area contributed by atoms with Crippen LogP contribution < -0.4 is 0 Å². The van der Waals surface area contributed by atoms with Gasteiger partial charge in [-0.25, -0.2) is 4.79 Å². The van der Waals surface area contributed by atoms with Crippen molar-refractivity contribution in [2.75, 3.05) is 7.05 Å². The van der Waals surface area contributed by atoms with Crippen LogP contribution in [0, 0.1) is 0 Å². The van der Waals surface area contributed by atoms with Crippen molar-refractivity contribution in [3.63, 3.8) is 0 Å². The van der Waals surface area contributed by atoms with Crippen molar-refractivity contribution < 1.29 is 14.6 Å². The Morgan fingerprint density at radius 1 is 1.33 bits per heavy atom. The van der Waals surface area contributed by atoms with Gasteiger partial charge >= 0.3 is 5.97 Å². The molecule has 4 rings (SSSR count). The summed E-state index contributed by atoms with van der Waals surface area (Å²) in [4.78, 5) is 16.4. The summed E-state index contributed by atoms with van der Waals surface area (Å²) in [5, 5.41) is 15.1. The molecule has 2 atom stereocenters. The highest BCUT2D eigenvalue weighted by atomic mass is 32.1. The Morgan fingerprint density at radius 3 is 2.58 bits per heavy atom. The largest absolute Gasteiger partial charge is 0.437 e. The number of nitrogens with zero attached hydrogens (tertiary/aromatic N) is 1. The standard InChI is InChI=1S/C18H19NO3S2/c1-19-13-5-2-9-17(19,10-8-13)22-16(20)18(21,14-6-3-11-23-14)15-7-4-12-24-15/h2-4,6-7,9,11-13,21H,5,8,10H2,1H3/t13-,17-/m1/s1. The van der Waals surface area contributed by atoms with Gasteiger partial charge in [-0.05, 0) is 48.9 Å². The number of esters is 1. The Morgan fingerprint density at radius 2 is 2.00 bits per heavy atom. The molecule has 0 unspecified atom stereocenters. The minimum absolute atomic E-state index is 0.402. The molecule has 0 aromatic carbocycles. The van der Waals surface area contributed by atoms with Crippen LogP contribution in [0.5, 0.6) is 0 Å². The van der Waals surface area contributed by atoms with Crippen molar-refractivity contribution in [3.8, 4) is 0 Å². The monoisotopic (exact) mass is 361 g/mol. The Hall–Kier alpha value is -1.47. The lowest BCUT2D eigenvalue weighted by molar-refractivity contribution is -0.187. The molecule has 2 bridgehead atoms. The van der Waals surface area contributed by atoms with Crippen LogP contribution in [0.3, 0.4) is 0 Å². The van der Waals surface area contributed by atoms with Gasteiger partial charge in [-0.1, -0.05) is 18.2 Å². The molecule has 126 valence electrons. The number of aliphatic hydroxyl groups is 1. The Kier molecular flexibility index (Phi) is 3.88.